The smallest absolute Gasteiger partial charge is 0.258 e. The molecule has 1 aliphatic heterocycles. The third kappa shape index (κ3) is 3.94. The minimum absolute atomic E-state index is 0.0650. The molecule has 8 nitrogen and oxygen atoms in total. The number of aromatic nitrogens is 5. The van der Waals surface area contributed by atoms with Gasteiger partial charge < -0.3 is 14.8 Å². The maximum absolute atomic E-state index is 13.3. The van der Waals surface area contributed by atoms with Crippen LogP contribution in [-0.4, -0.2) is 58.4 Å². The molecule has 4 aromatic rings. The third-order valence-corrected chi connectivity index (χ3v) is 6.57. The van der Waals surface area contributed by atoms with Gasteiger partial charge in [-0.3, -0.25) is 4.79 Å². The molecule has 0 radical (unpaired) electrons. The fraction of sp³-hybridized carbons (Fsp3) is 0.333. The number of pyridine rings is 1. The number of likely N-dealkylation sites (N-methyl/N-ethyl adjacent to an activating group) is 1. The lowest BCUT2D eigenvalue weighted by molar-refractivity contribution is -1.02. The van der Waals surface area contributed by atoms with Gasteiger partial charge in [0.25, 0.3) is 5.56 Å². The van der Waals surface area contributed by atoms with Crippen molar-refractivity contribution in [3.8, 4) is 0 Å². The summed E-state index contributed by atoms with van der Waals surface area (Å²) in [5.74, 6) is 0.737. The highest BCUT2D eigenvalue weighted by Gasteiger charge is 2.36. The van der Waals surface area contributed by atoms with Gasteiger partial charge in [0.15, 0.2) is 6.04 Å². The summed E-state index contributed by atoms with van der Waals surface area (Å²) in [7, 11) is 2.22. The first kappa shape index (κ1) is 20.5. The minimum atomic E-state index is -0.226. The number of benzene rings is 2. The first-order valence-corrected chi connectivity index (χ1v) is 11.2. The number of piperazine rings is 1. The lowest BCUT2D eigenvalue weighted by atomic mass is 10.0. The zero-order valence-corrected chi connectivity index (χ0v) is 18.5. The molecule has 8 heteroatoms. The number of hydrogen-bond donors (Lipinski definition) is 3. The minimum Gasteiger partial charge on any atom is -0.328 e. The Morgan fingerprint density at radius 1 is 1.06 bits per heavy atom. The Morgan fingerprint density at radius 2 is 1.84 bits per heavy atom. The van der Waals surface area contributed by atoms with Gasteiger partial charge in [0.2, 0.25) is 5.82 Å². The van der Waals surface area contributed by atoms with Crippen molar-refractivity contribution in [1.29, 1.82) is 0 Å². The van der Waals surface area contributed by atoms with Crippen LogP contribution >= 0.6 is 0 Å². The molecule has 164 valence electrons. The fourth-order valence-corrected chi connectivity index (χ4v) is 4.73. The number of tetrazole rings is 1. The first-order chi connectivity index (χ1) is 15.6. The average molecular weight is 432 g/mol. The molecule has 1 saturated heterocycles. The molecule has 5 rings (SSSR count). The molecule has 0 saturated carbocycles. The van der Waals surface area contributed by atoms with E-state index in [1.165, 1.54) is 9.80 Å². The van der Waals surface area contributed by atoms with Gasteiger partial charge in [0.1, 0.15) is 26.2 Å². The first-order valence-electron chi connectivity index (χ1n) is 11.2. The van der Waals surface area contributed by atoms with Crippen LogP contribution in [0.1, 0.15) is 28.6 Å². The van der Waals surface area contributed by atoms with E-state index < -0.39 is 0 Å². The van der Waals surface area contributed by atoms with Crippen molar-refractivity contribution in [1.82, 2.24) is 25.2 Å². The van der Waals surface area contributed by atoms with E-state index in [-0.39, 0.29) is 11.6 Å². The van der Waals surface area contributed by atoms with Crippen LogP contribution < -0.4 is 15.4 Å². The molecule has 1 fully saturated rings. The summed E-state index contributed by atoms with van der Waals surface area (Å²) in [5, 5.41) is 13.8. The van der Waals surface area contributed by atoms with Crippen LogP contribution in [0.15, 0.2) is 59.4 Å². The van der Waals surface area contributed by atoms with E-state index in [0.29, 0.717) is 6.54 Å². The lowest BCUT2D eigenvalue weighted by Crippen LogP contribution is -3.27. The Labute approximate surface area is 186 Å². The van der Waals surface area contributed by atoms with E-state index in [1.807, 2.05) is 48.0 Å². The molecular weight excluding hydrogens is 402 g/mol. The summed E-state index contributed by atoms with van der Waals surface area (Å²) < 4.78 is 1.85. The molecule has 1 aliphatic rings. The summed E-state index contributed by atoms with van der Waals surface area (Å²) >= 11 is 0. The summed E-state index contributed by atoms with van der Waals surface area (Å²) in [4.78, 5) is 19.3. The van der Waals surface area contributed by atoms with Gasteiger partial charge in [-0.15, -0.1) is 5.10 Å². The number of nitrogens with one attached hydrogen (secondary N) is 3. The van der Waals surface area contributed by atoms with E-state index >= 15 is 0 Å². The molecule has 0 aliphatic carbocycles. The predicted molar refractivity (Wildman–Crippen MR) is 122 cm³/mol. The zero-order valence-electron chi connectivity index (χ0n) is 18.5. The molecular formula is C24H29N7O+2. The fourth-order valence-electron chi connectivity index (χ4n) is 4.73. The van der Waals surface area contributed by atoms with E-state index in [2.05, 4.69) is 45.8 Å². The number of nitrogens with zero attached hydrogens (tertiary/aromatic N) is 4. The molecule has 1 atom stereocenters. The maximum Gasteiger partial charge on any atom is 0.258 e. The highest BCUT2D eigenvalue weighted by molar-refractivity contribution is 5.82. The second-order valence-corrected chi connectivity index (χ2v) is 8.82. The molecule has 32 heavy (non-hydrogen) atoms. The Balaban J connectivity index is 1.62. The van der Waals surface area contributed by atoms with E-state index in [4.69, 9.17) is 0 Å². The van der Waals surface area contributed by atoms with Gasteiger partial charge in [0, 0.05) is 0 Å². The van der Waals surface area contributed by atoms with Crippen molar-refractivity contribution in [2.45, 2.75) is 19.5 Å². The number of H-pyrrole nitrogens is 1. The molecule has 3 N–H and O–H groups in total. The van der Waals surface area contributed by atoms with Gasteiger partial charge in [-0.05, 0) is 39.9 Å². The summed E-state index contributed by atoms with van der Waals surface area (Å²) in [6, 6.07) is 18.1. The quantitative estimate of drug-likeness (QED) is 0.393. The maximum atomic E-state index is 13.3. The standard InChI is InChI=1S/C24H27N7O/c1-17-7-6-10-19-15-20(24(32)25-21(17)19)22(30-13-11-29(2)12-14-30)23-26-27-28-31(23)16-18-8-4-3-5-9-18/h3-10,15,22H,11-14,16H2,1-2H3,(H,25,32)/p+2/t22-/m0/s1. The van der Waals surface area contributed by atoms with Crippen LogP contribution in [0.4, 0.5) is 0 Å². The van der Waals surface area contributed by atoms with Crippen molar-refractivity contribution in [3.63, 3.8) is 0 Å². The van der Waals surface area contributed by atoms with Crippen LogP contribution in [0.2, 0.25) is 0 Å². The van der Waals surface area contributed by atoms with Crippen molar-refractivity contribution in [3.05, 3.63) is 87.5 Å². The number of rotatable bonds is 5. The summed E-state index contributed by atoms with van der Waals surface area (Å²) in [6.07, 6.45) is 0. The number of aromatic amines is 1. The normalized spacial score (nSPS) is 19.8. The van der Waals surface area contributed by atoms with Crippen molar-refractivity contribution in [2.75, 3.05) is 33.2 Å². The van der Waals surface area contributed by atoms with E-state index in [1.54, 1.807) is 0 Å². The molecule has 0 spiro atoms. The van der Waals surface area contributed by atoms with Gasteiger partial charge in [-0.2, -0.15) is 0 Å². The van der Waals surface area contributed by atoms with Gasteiger partial charge >= 0.3 is 0 Å². The van der Waals surface area contributed by atoms with Crippen LogP contribution in [0.5, 0.6) is 0 Å². The number of para-hydroxylation sites is 1. The summed E-state index contributed by atoms with van der Waals surface area (Å²) in [5.41, 5.74) is 3.74. The second-order valence-electron chi connectivity index (χ2n) is 8.82. The van der Waals surface area contributed by atoms with E-state index in [0.717, 1.165) is 59.6 Å². The number of hydrogen-bond acceptors (Lipinski definition) is 4. The van der Waals surface area contributed by atoms with Crippen LogP contribution in [0.3, 0.4) is 0 Å². The lowest BCUT2D eigenvalue weighted by Gasteiger charge is -2.32. The Morgan fingerprint density at radius 3 is 2.62 bits per heavy atom. The van der Waals surface area contributed by atoms with Gasteiger partial charge in [-0.1, -0.05) is 48.5 Å². The molecule has 3 heterocycles. The second kappa shape index (κ2) is 8.64. The number of aryl methyl sites for hydroxylation is 1. The molecule has 0 unspecified atom stereocenters. The summed E-state index contributed by atoms with van der Waals surface area (Å²) in [6.45, 7) is 6.61. The third-order valence-electron chi connectivity index (χ3n) is 6.57. The van der Waals surface area contributed by atoms with Crippen LogP contribution in [-0.2, 0) is 6.54 Å². The van der Waals surface area contributed by atoms with Crippen molar-refractivity contribution >= 4 is 10.9 Å². The Kier molecular flexibility index (Phi) is 5.55. The average Bonchev–Trinajstić information content (AvgIpc) is 3.24. The van der Waals surface area contributed by atoms with Crippen LogP contribution in [0.25, 0.3) is 10.9 Å². The molecule has 2 aromatic carbocycles. The van der Waals surface area contributed by atoms with E-state index in [9.17, 15) is 4.79 Å². The number of quaternary nitrogens is 2. The predicted octanol–water partition coefficient (Wildman–Crippen LogP) is -0.626. The largest absolute Gasteiger partial charge is 0.328 e. The molecule has 0 bridgehead atoms. The van der Waals surface area contributed by atoms with Gasteiger partial charge in [-0.25, -0.2) is 4.68 Å². The Bertz CT molecular complexity index is 1270. The number of fused-ring (bicyclic) bond motifs is 1. The Hall–Kier alpha value is -3.36. The monoisotopic (exact) mass is 431 g/mol. The van der Waals surface area contributed by atoms with Gasteiger partial charge in [0.05, 0.1) is 24.7 Å². The SMILES string of the molecule is Cc1cccc2cc([C@@H](c3nnnn3Cc3ccccc3)[NH+]3CC[NH+](C)CC3)c(=O)[nH]c12. The molecule has 0 amide bonds. The zero-order chi connectivity index (χ0) is 22.1. The molecule has 2 aromatic heterocycles. The topological polar surface area (TPSA) is 85.3 Å². The van der Waals surface area contributed by atoms with Crippen molar-refractivity contribution in [2.24, 2.45) is 0 Å². The highest BCUT2D eigenvalue weighted by atomic mass is 16.1. The highest BCUT2D eigenvalue weighted by Crippen LogP contribution is 2.20. The van der Waals surface area contributed by atoms with Crippen molar-refractivity contribution < 1.29 is 9.80 Å². The van der Waals surface area contributed by atoms with Crippen LogP contribution in [0, 0.1) is 6.92 Å².